The van der Waals surface area contributed by atoms with Gasteiger partial charge in [0.05, 0.1) is 17.0 Å². The summed E-state index contributed by atoms with van der Waals surface area (Å²) in [5.74, 6) is 1.44. The summed E-state index contributed by atoms with van der Waals surface area (Å²) < 4.78 is 28.4. The van der Waals surface area contributed by atoms with Crippen LogP contribution >= 0.6 is 0 Å². The lowest BCUT2D eigenvalue weighted by molar-refractivity contribution is 0.343. The zero-order valence-corrected chi connectivity index (χ0v) is 10.2. The molecule has 0 aromatic carbocycles. The number of rotatable bonds is 2. The lowest BCUT2D eigenvalue weighted by Crippen LogP contribution is -2.48. The van der Waals surface area contributed by atoms with Crippen LogP contribution in [0.5, 0.6) is 0 Å². The second-order valence-corrected chi connectivity index (χ2v) is 7.27. The molecule has 2 fully saturated rings. The fraction of sp³-hybridized carbons (Fsp3) is 0.800. The van der Waals surface area contributed by atoms with Gasteiger partial charge in [-0.1, -0.05) is 5.16 Å². The van der Waals surface area contributed by atoms with Crippen LogP contribution in [-0.2, 0) is 15.4 Å². The zero-order valence-electron chi connectivity index (χ0n) is 9.42. The second kappa shape index (κ2) is 3.52. The van der Waals surface area contributed by atoms with Gasteiger partial charge in [0.25, 0.3) is 0 Å². The predicted molar refractivity (Wildman–Crippen MR) is 60.0 cm³/mol. The van der Waals surface area contributed by atoms with E-state index in [1.807, 2.05) is 0 Å². The zero-order chi connectivity index (χ0) is 12.1. The Kier molecular flexibility index (Phi) is 2.31. The van der Waals surface area contributed by atoms with Gasteiger partial charge in [-0.05, 0) is 25.7 Å². The van der Waals surface area contributed by atoms with Gasteiger partial charge in [-0.2, -0.15) is 4.98 Å². The number of hydrogen-bond donors (Lipinski definition) is 1. The van der Waals surface area contributed by atoms with Crippen LogP contribution in [0, 0.1) is 0 Å². The molecule has 1 aliphatic heterocycles. The van der Waals surface area contributed by atoms with Gasteiger partial charge in [0, 0.05) is 5.92 Å². The number of sulfone groups is 1. The molecule has 1 atom stereocenters. The molecule has 0 bridgehead atoms. The number of hydrogen-bond acceptors (Lipinski definition) is 6. The highest BCUT2D eigenvalue weighted by Gasteiger charge is 2.42. The molecule has 2 aliphatic rings. The number of nitrogens with two attached hydrogens (primary N) is 1. The van der Waals surface area contributed by atoms with E-state index in [0.29, 0.717) is 30.5 Å². The Hall–Kier alpha value is -0.950. The third-order valence-electron chi connectivity index (χ3n) is 3.37. The van der Waals surface area contributed by atoms with E-state index in [9.17, 15) is 8.42 Å². The number of nitrogens with zero attached hydrogens (tertiary/aromatic N) is 2. The molecule has 94 valence electrons. The third kappa shape index (κ3) is 2.09. The van der Waals surface area contributed by atoms with Crippen LogP contribution in [0.3, 0.4) is 0 Å². The normalized spacial score (nSPS) is 32.5. The van der Waals surface area contributed by atoms with E-state index in [4.69, 9.17) is 10.3 Å². The van der Waals surface area contributed by atoms with Gasteiger partial charge >= 0.3 is 0 Å². The van der Waals surface area contributed by atoms with E-state index in [1.54, 1.807) is 0 Å². The van der Waals surface area contributed by atoms with Gasteiger partial charge in [0.1, 0.15) is 0 Å². The SMILES string of the molecule is NC1(c2noc(C3CC3)n2)CCCS(=O)(=O)C1. The predicted octanol–water partition coefficient (Wildman–Crippen LogP) is 0.310. The third-order valence-corrected chi connectivity index (χ3v) is 5.24. The average Bonchev–Trinajstić information content (AvgIpc) is 2.94. The fourth-order valence-corrected chi connectivity index (χ4v) is 4.04. The first-order valence-corrected chi connectivity index (χ1v) is 7.64. The Labute approximate surface area is 99.5 Å². The van der Waals surface area contributed by atoms with Crippen LogP contribution in [0.25, 0.3) is 0 Å². The lowest BCUT2D eigenvalue weighted by atomic mass is 9.96. The van der Waals surface area contributed by atoms with E-state index in [-0.39, 0.29) is 11.5 Å². The molecule has 0 amide bonds. The van der Waals surface area contributed by atoms with E-state index >= 15 is 0 Å². The van der Waals surface area contributed by atoms with Crippen molar-refractivity contribution < 1.29 is 12.9 Å². The Morgan fingerprint density at radius 3 is 2.82 bits per heavy atom. The molecule has 1 aliphatic carbocycles. The number of aromatic nitrogens is 2. The maximum absolute atomic E-state index is 11.6. The second-order valence-electron chi connectivity index (χ2n) is 5.08. The van der Waals surface area contributed by atoms with Gasteiger partial charge < -0.3 is 10.3 Å². The van der Waals surface area contributed by atoms with Crippen LogP contribution in [0.1, 0.15) is 43.3 Å². The molecule has 0 spiro atoms. The van der Waals surface area contributed by atoms with Crippen LogP contribution in [-0.4, -0.2) is 30.1 Å². The van der Waals surface area contributed by atoms with Crippen LogP contribution in [0.4, 0.5) is 0 Å². The van der Waals surface area contributed by atoms with Crippen LogP contribution < -0.4 is 5.73 Å². The minimum absolute atomic E-state index is 0.0797. The highest BCUT2D eigenvalue weighted by molar-refractivity contribution is 7.91. The molecule has 0 radical (unpaired) electrons. The summed E-state index contributed by atoms with van der Waals surface area (Å²) in [5.41, 5.74) is 5.16. The summed E-state index contributed by atoms with van der Waals surface area (Å²) in [6.07, 6.45) is 3.29. The summed E-state index contributed by atoms with van der Waals surface area (Å²) in [5, 5.41) is 3.86. The average molecular weight is 257 g/mol. The molecule has 6 nitrogen and oxygen atoms in total. The molecule has 2 heterocycles. The topological polar surface area (TPSA) is 99.1 Å². The van der Waals surface area contributed by atoms with Crippen molar-refractivity contribution in [2.75, 3.05) is 11.5 Å². The first kappa shape index (κ1) is 11.2. The highest BCUT2D eigenvalue weighted by atomic mass is 32.2. The Balaban J connectivity index is 1.89. The molecule has 1 aromatic rings. The molecule has 1 aromatic heterocycles. The maximum Gasteiger partial charge on any atom is 0.229 e. The smallest absolute Gasteiger partial charge is 0.229 e. The molecule has 1 unspecified atom stereocenters. The molecular formula is C10H15N3O3S. The van der Waals surface area contributed by atoms with E-state index in [2.05, 4.69) is 10.1 Å². The quantitative estimate of drug-likeness (QED) is 0.818. The first-order valence-electron chi connectivity index (χ1n) is 5.82. The maximum atomic E-state index is 11.6. The largest absolute Gasteiger partial charge is 0.339 e. The van der Waals surface area contributed by atoms with Crippen molar-refractivity contribution in [3.63, 3.8) is 0 Å². The first-order chi connectivity index (χ1) is 7.99. The Bertz CT molecular complexity index is 535. The highest BCUT2D eigenvalue weighted by Crippen LogP contribution is 2.40. The van der Waals surface area contributed by atoms with Gasteiger partial charge in [-0.3, -0.25) is 0 Å². The van der Waals surface area contributed by atoms with Crippen molar-refractivity contribution in [1.29, 1.82) is 0 Å². The molecule has 2 N–H and O–H groups in total. The summed E-state index contributed by atoms with van der Waals surface area (Å²) >= 11 is 0. The summed E-state index contributed by atoms with van der Waals surface area (Å²) in [6.45, 7) is 0. The van der Waals surface area contributed by atoms with Crippen LogP contribution in [0.2, 0.25) is 0 Å². The fourth-order valence-electron chi connectivity index (χ4n) is 2.25. The van der Waals surface area contributed by atoms with Crippen molar-refractivity contribution in [2.24, 2.45) is 5.73 Å². The Morgan fingerprint density at radius 2 is 2.18 bits per heavy atom. The molecule has 1 saturated carbocycles. The summed E-state index contributed by atoms with van der Waals surface area (Å²) in [4.78, 5) is 4.27. The van der Waals surface area contributed by atoms with Crippen molar-refractivity contribution in [3.8, 4) is 0 Å². The Morgan fingerprint density at radius 1 is 1.41 bits per heavy atom. The standard InChI is InChI=1S/C10H15N3O3S/c11-10(4-1-5-17(14,15)6-10)9-12-8(16-13-9)7-2-3-7/h7H,1-6,11H2. The van der Waals surface area contributed by atoms with Crippen molar-refractivity contribution in [1.82, 2.24) is 10.1 Å². The van der Waals surface area contributed by atoms with Crippen molar-refractivity contribution in [2.45, 2.75) is 37.1 Å². The monoisotopic (exact) mass is 257 g/mol. The van der Waals surface area contributed by atoms with Crippen LogP contribution in [0.15, 0.2) is 4.52 Å². The van der Waals surface area contributed by atoms with E-state index in [0.717, 1.165) is 12.8 Å². The minimum Gasteiger partial charge on any atom is -0.339 e. The van der Waals surface area contributed by atoms with Gasteiger partial charge in [0.2, 0.25) is 5.89 Å². The summed E-state index contributed by atoms with van der Waals surface area (Å²) in [6, 6.07) is 0. The van der Waals surface area contributed by atoms with E-state index in [1.165, 1.54) is 0 Å². The van der Waals surface area contributed by atoms with Gasteiger partial charge in [-0.15, -0.1) is 0 Å². The molecule has 1 saturated heterocycles. The van der Waals surface area contributed by atoms with Crippen molar-refractivity contribution >= 4 is 9.84 Å². The molecule has 7 heteroatoms. The minimum atomic E-state index is -3.08. The van der Waals surface area contributed by atoms with Gasteiger partial charge in [0.15, 0.2) is 15.7 Å². The van der Waals surface area contributed by atoms with Gasteiger partial charge in [-0.25, -0.2) is 8.42 Å². The van der Waals surface area contributed by atoms with Crippen molar-refractivity contribution in [3.05, 3.63) is 11.7 Å². The molecular weight excluding hydrogens is 242 g/mol. The molecule has 17 heavy (non-hydrogen) atoms. The van der Waals surface area contributed by atoms with E-state index < -0.39 is 15.4 Å². The molecule has 3 rings (SSSR count). The summed E-state index contributed by atoms with van der Waals surface area (Å²) in [7, 11) is -3.08. The lowest BCUT2D eigenvalue weighted by Gasteiger charge is -2.29.